The third-order valence-corrected chi connectivity index (χ3v) is 4.40. The van der Waals surface area contributed by atoms with Crippen LogP contribution in [0.5, 0.6) is 0 Å². The van der Waals surface area contributed by atoms with Crippen molar-refractivity contribution in [1.82, 2.24) is 9.78 Å². The second-order valence-electron chi connectivity index (χ2n) is 5.13. The summed E-state index contributed by atoms with van der Waals surface area (Å²) in [5, 5.41) is 6.92. The Hall–Kier alpha value is -2.53. The standard InChI is InChI=1S/C18H17N3OS/c1-21-12-11-17(20-21)19-18(22)15-7-9-16(10-8-15)23-13-14-5-3-2-4-6-14/h2-12H,13H2,1H3,(H,19,20,22). The summed E-state index contributed by atoms with van der Waals surface area (Å²) in [6.07, 6.45) is 1.79. The van der Waals surface area contributed by atoms with Crippen LogP contribution in [0.1, 0.15) is 15.9 Å². The fourth-order valence-corrected chi connectivity index (χ4v) is 2.97. The summed E-state index contributed by atoms with van der Waals surface area (Å²) in [5.74, 6) is 1.32. The fraction of sp³-hybridized carbons (Fsp3) is 0.111. The molecule has 0 radical (unpaired) electrons. The Morgan fingerprint density at radius 2 is 1.83 bits per heavy atom. The summed E-state index contributed by atoms with van der Waals surface area (Å²) in [4.78, 5) is 13.3. The first-order valence-corrected chi connectivity index (χ1v) is 8.27. The Morgan fingerprint density at radius 3 is 2.48 bits per heavy atom. The molecule has 5 heteroatoms. The number of benzene rings is 2. The van der Waals surface area contributed by atoms with Crippen LogP contribution in [-0.2, 0) is 12.8 Å². The zero-order chi connectivity index (χ0) is 16.1. The highest BCUT2D eigenvalue weighted by molar-refractivity contribution is 7.98. The van der Waals surface area contributed by atoms with Crippen LogP contribution in [0, 0.1) is 0 Å². The van der Waals surface area contributed by atoms with Crippen molar-refractivity contribution < 1.29 is 4.79 Å². The van der Waals surface area contributed by atoms with Crippen molar-refractivity contribution in [3.63, 3.8) is 0 Å². The van der Waals surface area contributed by atoms with E-state index in [1.165, 1.54) is 5.56 Å². The predicted octanol–water partition coefficient (Wildman–Crippen LogP) is 3.96. The molecule has 0 saturated heterocycles. The highest BCUT2D eigenvalue weighted by Gasteiger charge is 2.07. The first-order valence-electron chi connectivity index (χ1n) is 7.28. The van der Waals surface area contributed by atoms with Crippen LogP contribution in [0.4, 0.5) is 5.82 Å². The van der Waals surface area contributed by atoms with E-state index >= 15 is 0 Å². The van der Waals surface area contributed by atoms with Gasteiger partial charge >= 0.3 is 0 Å². The maximum atomic E-state index is 12.1. The average Bonchev–Trinajstić information content (AvgIpc) is 2.99. The third kappa shape index (κ3) is 4.23. The van der Waals surface area contributed by atoms with Gasteiger partial charge in [0.2, 0.25) is 0 Å². The zero-order valence-electron chi connectivity index (χ0n) is 12.8. The molecule has 0 unspecified atom stereocenters. The molecular weight excluding hydrogens is 306 g/mol. The number of carbonyl (C=O) groups excluding carboxylic acids is 1. The number of anilines is 1. The average molecular weight is 323 g/mol. The van der Waals surface area contributed by atoms with Crippen molar-refractivity contribution in [3.8, 4) is 0 Å². The van der Waals surface area contributed by atoms with Crippen LogP contribution in [-0.4, -0.2) is 15.7 Å². The van der Waals surface area contributed by atoms with Crippen molar-refractivity contribution in [2.75, 3.05) is 5.32 Å². The second kappa shape index (κ2) is 7.15. The lowest BCUT2D eigenvalue weighted by molar-refractivity contribution is 0.102. The van der Waals surface area contributed by atoms with Crippen molar-refractivity contribution in [2.45, 2.75) is 10.6 Å². The largest absolute Gasteiger partial charge is 0.305 e. The predicted molar refractivity (Wildman–Crippen MR) is 93.6 cm³/mol. The number of hydrogen-bond donors (Lipinski definition) is 1. The van der Waals surface area contributed by atoms with E-state index in [1.54, 1.807) is 28.7 Å². The molecule has 23 heavy (non-hydrogen) atoms. The van der Waals surface area contributed by atoms with Crippen LogP contribution in [0.2, 0.25) is 0 Å². The van der Waals surface area contributed by atoms with Gasteiger partial charge in [-0.2, -0.15) is 5.10 Å². The Labute approximate surface area is 139 Å². The molecule has 0 fully saturated rings. The van der Waals surface area contributed by atoms with Crippen molar-refractivity contribution >= 4 is 23.5 Å². The molecule has 0 saturated carbocycles. The number of thioether (sulfide) groups is 1. The zero-order valence-corrected chi connectivity index (χ0v) is 13.6. The molecule has 4 nitrogen and oxygen atoms in total. The molecule has 3 rings (SSSR count). The molecule has 1 heterocycles. The first kappa shape index (κ1) is 15.4. The summed E-state index contributed by atoms with van der Waals surface area (Å²) in [7, 11) is 1.81. The van der Waals surface area contributed by atoms with Gasteiger partial charge in [-0.1, -0.05) is 30.3 Å². The maximum absolute atomic E-state index is 12.1. The number of amides is 1. The quantitative estimate of drug-likeness (QED) is 0.723. The highest BCUT2D eigenvalue weighted by atomic mass is 32.2. The summed E-state index contributed by atoms with van der Waals surface area (Å²) in [6, 6.07) is 19.7. The summed E-state index contributed by atoms with van der Waals surface area (Å²) < 4.78 is 1.65. The van der Waals surface area contributed by atoms with E-state index in [0.717, 1.165) is 10.6 Å². The number of hydrogen-bond acceptors (Lipinski definition) is 3. The number of aromatic nitrogens is 2. The van der Waals surface area contributed by atoms with Gasteiger partial charge in [0, 0.05) is 35.5 Å². The third-order valence-electron chi connectivity index (χ3n) is 3.32. The van der Waals surface area contributed by atoms with E-state index in [0.29, 0.717) is 11.4 Å². The lowest BCUT2D eigenvalue weighted by Gasteiger charge is -2.05. The van der Waals surface area contributed by atoms with Crippen LogP contribution in [0.25, 0.3) is 0 Å². The molecule has 2 aromatic carbocycles. The Kier molecular flexibility index (Phi) is 4.78. The number of rotatable bonds is 5. The van der Waals surface area contributed by atoms with Gasteiger partial charge in [-0.3, -0.25) is 9.48 Å². The number of aryl methyl sites for hydroxylation is 1. The molecule has 0 aliphatic heterocycles. The monoisotopic (exact) mass is 323 g/mol. The number of nitrogens with zero attached hydrogens (tertiary/aromatic N) is 2. The Morgan fingerprint density at radius 1 is 1.09 bits per heavy atom. The summed E-state index contributed by atoms with van der Waals surface area (Å²) >= 11 is 1.75. The maximum Gasteiger partial charge on any atom is 0.256 e. The minimum absolute atomic E-state index is 0.150. The molecule has 0 aliphatic carbocycles. The number of nitrogens with one attached hydrogen (secondary N) is 1. The normalized spacial score (nSPS) is 10.5. The van der Waals surface area contributed by atoms with Crippen molar-refractivity contribution in [3.05, 3.63) is 78.0 Å². The first-order chi connectivity index (χ1) is 11.2. The SMILES string of the molecule is Cn1ccc(NC(=O)c2ccc(SCc3ccccc3)cc2)n1. The molecule has 3 aromatic rings. The van der Waals surface area contributed by atoms with Crippen LogP contribution in [0.15, 0.2) is 71.8 Å². The summed E-state index contributed by atoms with van der Waals surface area (Å²) in [6.45, 7) is 0. The van der Waals surface area contributed by atoms with Crippen molar-refractivity contribution in [1.29, 1.82) is 0 Å². The number of carbonyl (C=O) groups is 1. The van der Waals surface area contributed by atoms with E-state index in [-0.39, 0.29) is 5.91 Å². The molecule has 0 bridgehead atoms. The van der Waals surface area contributed by atoms with Gasteiger partial charge in [0.1, 0.15) is 0 Å². The van der Waals surface area contributed by atoms with Gasteiger partial charge in [0.15, 0.2) is 5.82 Å². The van der Waals surface area contributed by atoms with Gasteiger partial charge in [0.25, 0.3) is 5.91 Å². The van der Waals surface area contributed by atoms with Crippen LogP contribution >= 0.6 is 11.8 Å². The Bertz CT molecular complexity index is 782. The second-order valence-corrected chi connectivity index (χ2v) is 6.18. The molecule has 1 amide bonds. The minimum atomic E-state index is -0.150. The van der Waals surface area contributed by atoms with Gasteiger partial charge in [-0.15, -0.1) is 11.8 Å². The summed E-state index contributed by atoms with van der Waals surface area (Å²) in [5.41, 5.74) is 1.91. The lowest BCUT2D eigenvalue weighted by atomic mass is 10.2. The van der Waals surface area contributed by atoms with E-state index in [4.69, 9.17) is 0 Å². The molecule has 1 N–H and O–H groups in total. The van der Waals surface area contributed by atoms with Crippen LogP contribution in [0.3, 0.4) is 0 Å². The topological polar surface area (TPSA) is 46.9 Å². The van der Waals surface area contributed by atoms with Gasteiger partial charge in [0.05, 0.1) is 0 Å². The fourth-order valence-electron chi connectivity index (χ4n) is 2.11. The molecular formula is C18H17N3OS. The van der Waals surface area contributed by atoms with Gasteiger partial charge < -0.3 is 5.32 Å². The van der Waals surface area contributed by atoms with Gasteiger partial charge in [-0.25, -0.2) is 0 Å². The molecule has 0 atom stereocenters. The van der Waals surface area contributed by atoms with Crippen molar-refractivity contribution in [2.24, 2.45) is 7.05 Å². The molecule has 1 aromatic heterocycles. The molecule has 116 valence electrons. The van der Waals surface area contributed by atoms with Gasteiger partial charge in [-0.05, 0) is 29.8 Å². The smallest absolute Gasteiger partial charge is 0.256 e. The van der Waals surface area contributed by atoms with E-state index in [1.807, 2.05) is 49.5 Å². The Balaban J connectivity index is 1.59. The van der Waals surface area contributed by atoms with E-state index in [9.17, 15) is 4.79 Å². The van der Waals surface area contributed by atoms with Crippen LogP contribution < -0.4 is 5.32 Å². The van der Waals surface area contributed by atoms with E-state index in [2.05, 4.69) is 22.5 Å². The minimum Gasteiger partial charge on any atom is -0.305 e. The molecule has 0 spiro atoms. The van der Waals surface area contributed by atoms with E-state index < -0.39 is 0 Å². The molecule has 0 aliphatic rings. The lowest BCUT2D eigenvalue weighted by Crippen LogP contribution is -2.12. The highest BCUT2D eigenvalue weighted by Crippen LogP contribution is 2.23.